The maximum absolute atomic E-state index is 12.1. The third-order valence-corrected chi connectivity index (χ3v) is 4.30. The number of benzene rings is 2. The summed E-state index contributed by atoms with van der Waals surface area (Å²) in [5.41, 5.74) is 5.18. The van der Waals surface area contributed by atoms with Crippen LogP contribution in [0.4, 0.5) is 16.2 Å². The van der Waals surface area contributed by atoms with E-state index in [9.17, 15) is 4.79 Å². The Balaban J connectivity index is 1.55. The Morgan fingerprint density at radius 1 is 0.917 bits per heavy atom. The SMILES string of the molecule is Cc1cc(C)cc(NC(=O)Nc2ccc(CN3CCCC3)cc2)c1. The van der Waals surface area contributed by atoms with E-state index in [0.29, 0.717) is 0 Å². The Bertz CT molecular complexity index is 683. The van der Waals surface area contributed by atoms with Crippen molar-refractivity contribution in [3.63, 3.8) is 0 Å². The predicted molar refractivity (Wildman–Crippen MR) is 99.5 cm³/mol. The maximum Gasteiger partial charge on any atom is 0.323 e. The molecule has 4 heteroatoms. The minimum absolute atomic E-state index is 0.215. The molecule has 24 heavy (non-hydrogen) atoms. The Kier molecular flexibility index (Phi) is 5.16. The van der Waals surface area contributed by atoms with Crippen molar-refractivity contribution in [2.45, 2.75) is 33.2 Å². The number of rotatable bonds is 4. The molecule has 2 aromatic rings. The molecule has 0 aromatic heterocycles. The van der Waals surface area contributed by atoms with Crippen molar-refractivity contribution in [2.75, 3.05) is 23.7 Å². The van der Waals surface area contributed by atoms with Gasteiger partial charge in [-0.3, -0.25) is 4.90 Å². The monoisotopic (exact) mass is 323 g/mol. The van der Waals surface area contributed by atoms with Gasteiger partial charge in [0.1, 0.15) is 0 Å². The van der Waals surface area contributed by atoms with Crippen LogP contribution in [0.5, 0.6) is 0 Å². The van der Waals surface area contributed by atoms with Crippen LogP contribution in [0.3, 0.4) is 0 Å². The van der Waals surface area contributed by atoms with Crippen LogP contribution in [0.2, 0.25) is 0 Å². The normalized spacial score (nSPS) is 14.6. The van der Waals surface area contributed by atoms with E-state index in [1.165, 1.54) is 31.5 Å². The van der Waals surface area contributed by atoms with Gasteiger partial charge in [-0.1, -0.05) is 18.2 Å². The summed E-state index contributed by atoms with van der Waals surface area (Å²) in [6.07, 6.45) is 2.61. The van der Waals surface area contributed by atoms with Gasteiger partial charge in [-0.05, 0) is 80.7 Å². The Morgan fingerprint density at radius 2 is 1.50 bits per heavy atom. The zero-order valence-corrected chi connectivity index (χ0v) is 14.4. The Labute approximate surface area is 143 Å². The summed E-state index contributed by atoms with van der Waals surface area (Å²) in [5.74, 6) is 0. The van der Waals surface area contributed by atoms with Crippen LogP contribution in [0.25, 0.3) is 0 Å². The molecular formula is C20H25N3O. The van der Waals surface area contributed by atoms with Gasteiger partial charge in [0.05, 0.1) is 0 Å². The summed E-state index contributed by atoms with van der Waals surface area (Å²) in [6.45, 7) is 7.43. The number of nitrogens with one attached hydrogen (secondary N) is 2. The van der Waals surface area contributed by atoms with E-state index < -0.39 is 0 Å². The van der Waals surface area contributed by atoms with Crippen LogP contribution in [-0.4, -0.2) is 24.0 Å². The maximum atomic E-state index is 12.1. The standard InChI is InChI=1S/C20H25N3O/c1-15-11-16(2)13-19(12-15)22-20(24)21-18-7-5-17(6-8-18)14-23-9-3-4-10-23/h5-8,11-13H,3-4,9-10,14H2,1-2H3,(H2,21,22,24). The molecule has 0 bridgehead atoms. The van der Waals surface area contributed by atoms with Gasteiger partial charge in [-0.25, -0.2) is 4.79 Å². The molecule has 1 aliphatic rings. The molecule has 0 aliphatic carbocycles. The quantitative estimate of drug-likeness (QED) is 0.867. The minimum Gasteiger partial charge on any atom is -0.308 e. The number of anilines is 2. The zero-order chi connectivity index (χ0) is 16.9. The van der Waals surface area contributed by atoms with E-state index in [1.807, 2.05) is 38.1 Å². The second-order valence-corrected chi connectivity index (χ2v) is 6.64. The molecule has 1 fully saturated rings. The van der Waals surface area contributed by atoms with Crippen LogP contribution >= 0.6 is 0 Å². The number of urea groups is 1. The van der Waals surface area contributed by atoms with Crippen molar-refractivity contribution >= 4 is 17.4 Å². The summed E-state index contributed by atoms with van der Waals surface area (Å²) in [4.78, 5) is 14.6. The molecule has 126 valence electrons. The molecule has 0 saturated carbocycles. The largest absolute Gasteiger partial charge is 0.323 e. The summed E-state index contributed by atoms with van der Waals surface area (Å²) in [7, 11) is 0. The van der Waals surface area contributed by atoms with E-state index in [-0.39, 0.29) is 6.03 Å². The first kappa shape index (κ1) is 16.5. The van der Waals surface area contributed by atoms with Crippen LogP contribution in [-0.2, 0) is 6.54 Å². The lowest BCUT2D eigenvalue weighted by atomic mass is 10.1. The number of hydrogen-bond donors (Lipinski definition) is 2. The van der Waals surface area contributed by atoms with Crippen molar-refractivity contribution in [3.05, 3.63) is 59.2 Å². The molecule has 3 rings (SSSR count). The lowest BCUT2D eigenvalue weighted by Gasteiger charge is -2.15. The average molecular weight is 323 g/mol. The lowest BCUT2D eigenvalue weighted by Crippen LogP contribution is -2.20. The molecule has 0 radical (unpaired) electrons. The Hall–Kier alpha value is -2.33. The molecule has 2 amide bonds. The highest BCUT2D eigenvalue weighted by atomic mass is 16.2. The number of carbonyl (C=O) groups excluding carboxylic acids is 1. The first-order valence-electron chi connectivity index (χ1n) is 8.56. The number of carbonyl (C=O) groups is 1. The highest BCUT2D eigenvalue weighted by Crippen LogP contribution is 2.17. The summed E-state index contributed by atoms with van der Waals surface area (Å²) in [5, 5.41) is 5.77. The number of likely N-dealkylation sites (tertiary alicyclic amines) is 1. The molecule has 2 aromatic carbocycles. The van der Waals surface area contributed by atoms with Crippen molar-refractivity contribution in [2.24, 2.45) is 0 Å². The van der Waals surface area contributed by atoms with Gasteiger partial charge in [0.15, 0.2) is 0 Å². The number of aryl methyl sites for hydroxylation is 2. The van der Waals surface area contributed by atoms with Gasteiger partial charge in [0.25, 0.3) is 0 Å². The van der Waals surface area contributed by atoms with E-state index in [2.05, 4.69) is 33.7 Å². The van der Waals surface area contributed by atoms with Crippen LogP contribution < -0.4 is 10.6 Å². The molecule has 2 N–H and O–H groups in total. The van der Waals surface area contributed by atoms with Crippen molar-refractivity contribution in [1.29, 1.82) is 0 Å². The van der Waals surface area contributed by atoms with Crippen molar-refractivity contribution in [3.8, 4) is 0 Å². The molecular weight excluding hydrogens is 298 g/mol. The Morgan fingerprint density at radius 3 is 2.12 bits per heavy atom. The van der Waals surface area contributed by atoms with Gasteiger partial charge in [-0.2, -0.15) is 0 Å². The van der Waals surface area contributed by atoms with Crippen LogP contribution in [0, 0.1) is 13.8 Å². The van der Waals surface area contributed by atoms with E-state index in [1.54, 1.807) is 0 Å². The number of nitrogens with zero attached hydrogens (tertiary/aromatic N) is 1. The number of hydrogen-bond acceptors (Lipinski definition) is 2. The fraction of sp³-hybridized carbons (Fsp3) is 0.350. The fourth-order valence-corrected chi connectivity index (χ4v) is 3.23. The van der Waals surface area contributed by atoms with Crippen LogP contribution in [0.15, 0.2) is 42.5 Å². The first-order chi connectivity index (χ1) is 11.6. The van der Waals surface area contributed by atoms with E-state index in [4.69, 9.17) is 0 Å². The molecule has 1 heterocycles. The second-order valence-electron chi connectivity index (χ2n) is 6.64. The molecule has 1 aliphatic heterocycles. The topological polar surface area (TPSA) is 44.4 Å². The van der Waals surface area contributed by atoms with Crippen molar-refractivity contribution in [1.82, 2.24) is 4.90 Å². The predicted octanol–water partition coefficient (Wildman–Crippen LogP) is 4.54. The number of amides is 2. The summed E-state index contributed by atoms with van der Waals surface area (Å²) < 4.78 is 0. The molecule has 1 saturated heterocycles. The summed E-state index contributed by atoms with van der Waals surface area (Å²) >= 11 is 0. The lowest BCUT2D eigenvalue weighted by molar-refractivity contribution is 0.262. The third-order valence-electron chi connectivity index (χ3n) is 4.30. The molecule has 4 nitrogen and oxygen atoms in total. The zero-order valence-electron chi connectivity index (χ0n) is 14.4. The molecule has 0 unspecified atom stereocenters. The summed E-state index contributed by atoms with van der Waals surface area (Å²) in [6, 6.07) is 13.9. The van der Waals surface area contributed by atoms with E-state index >= 15 is 0 Å². The smallest absolute Gasteiger partial charge is 0.308 e. The third kappa shape index (κ3) is 4.59. The highest BCUT2D eigenvalue weighted by molar-refractivity contribution is 5.99. The second kappa shape index (κ2) is 7.49. The minimum atomic E-state index is -0.215. The highest BCUT2D eigenvalue weighted by Gasteiger charge is 2.11. The van der Waals surface area contributed by atoms with Gasteiger partial charge >= 0.3 is 6.03 Å². The fourth-order valence-electron chi connectivity index (χ4n) is 3.23. The van der Waals surface area contributed by atoms with Crippen LogP contribution in [0.1, 0.15) is 29.5 Å². The van der Waals surface area contributed by atoms with Crippen molar-refractivity contribution < 1.29 is 4.79 Å². The van der Waals surface area contributed by atoms with Gasteiger partial charge in [0, 0.05) is 17.9 Å². The molecule has 0 atom stereocenters. The van der Waals surface area contributed by atoms with Gasteiger partial charge < -0.3 is 10.6 Å². The van der Waals surface area contributed by atoms with Gasteiger partial charge in [-0.15, -0.1) is 0 Å². The average Bonchev–Trinajstić information content (AvgIpc) is 3.01. The molecule has 0 spiro atoms. The first-order valence-corrected chi connectivity index (χ1v) is 8.56. The van der Waals surface area contributed by atoms with Gasteiger partial charge in [0.2, 0.25) is 0 Å². The van der Waals surface area contributed by atoms with E-state index in [0.717, 1.165) is 29.0 Å².